The molecule has 2 rings (SSSR count). The molecule has 1 fully saturated rings. The van der Waals surface area contributed by atoms with Crippen LogP contribution in [-0.2, 0) is 14.4 Å². The molecule has 0 atom stereocenters. The van der Waals surface area contributed by atoms with Gasteiger partial charge in [0.25, 0.3) is 5.91 Å². The molecule has 1 saturated heterocycles. The van der Waals surface area contributed by atoms with Gasteiger partial charge in [-0.3, -0.25) is 19.2 Å². The van der Waals surface area contributed by atoms with Gasteiger partial charge in [-0.05, 0) is 18.2 Å². The average Bonchev–Trinajstić information content (AvgIpc) is 2.64. The summed E-state index contributed by atoms with van der Waals surface area (Å²) < 4.78 is 0. The first-order valence-corrected chi connectivity index (χ1v) is 9.06. The van der Waals surface area contributed by atoms with Gasteiger partial charge < -0.3 is 20.4 Å². The number of halogens is 2. The molecule has 27 heavy (non-hydrogen) atoms. The van der Waals surface area contributed by atoms with Gasteiger partial charge in [0, 0.05) is 38.1 Å². The Balaban J connectivity index is 1.72. The maximum absolute atomic E-state index is 12.1. The second-order valence-corrected chi connectivity index (χ2v) is 6.81. The molecule has 1 aromatic rings. The Hall–Kier alpha value is -2.32. The van der Waals surface area contributed by atoms with Gasteiger partial charge in [0.15, 0.2) is 0 Å². The van der Waals surface area contributed by atoms with Crippen LogP contribution in [0.1, 0.15) is 17.3 Å². The molecular formula is C17H20Cl2N4O4. The quantitative estimate of drug-likeness (QED) is 0.733. The van der Waals surface area contributed by atoms with Crippen molar-refractivity contribution in [1.82, 2.24) is 20.4 Å². The third-order valence-corrected chi connectivity index (χ3v) is 4.65. The van der Waals surface area contributed by atoms with Gasteiger partial charge in [-0.2, -0.15) is 0 Å². The summed E-state index contributed by atoms with van der Waals surface area (Å²) in [5, 5.41) is 5.48. The largest absolute Gasteiger partial charge is 0.345 e. The van der Waals surface area contributed by atoms with Crippen LogP contribution in [0.5, 0.6) is 0 Å². The van der Waals surface area contributed by atoms with Crippen molar-refractivity contribution in [3.63, 3.8) is 0 Å². The van der Waals surface area contributed by atoms with E-state index >= 15 is 0 Å². The Bertz CT molecular complexity index is 748. The first-order valence-electron chi connectivity index (χ1n) is 8.31. The van der Waals surface area contributed by atoms with Crippen molar-refractivity contribution in [1.29, 1.82) is 0 Å². The lowest BCUT2D eigenvalue weighted by Gasteiger charge is -2.34. The minimum atomic E-state index is -0.515. The summed E-state index contributed by atoms with van der Waals surface area (Å²) in [5.41, 5.74) is 0.202. The van der Waals surface area contributed by atoms with Crippen molar-refractivity contribution < 1.29 is 19.2 Å². The Morgan fingerprint density at radius 2 is 1.59 bits per heavy atom. The highest BCUT2D eigenvalue weighted by Crippen LogP contribution is 2.20. The number of nitrogens with zero attached hydrogens (tertiary/aromatic N) is 2. The Labute approximate surface area is 166 Å². The highest BCUT2D eigenvalue weighted by Gasteiger charge is 2.22. The Morgan fingerprint density at radius 3 is 2.19 bits per heavy atom. The van der Waals surface area contributed by atoms with Crippen molar-refractivity contribution >= 4 is 46.8 Å². The molecule has 1 aliphatic heterocycles. The van der Waals surface area contributed by atoms with E-state index < -0.39 is 11.8 Å². The molecule has 0 radical (unpaired) electrons. The maximum Gasteiger partial charge on any atom is 0.253 e. The molecule has 0 saturated carbocycles. The van der Waals surface area contributed by atoms with E-state index in [1.165, 1.54) is 25.1 Å². The molecule has 8 nitrogen and oxygen atoms in total. The van der Waals surface area contributed by atoms with Gasteiger partial charge in [0.05, 0.1) is 23.7 Å². The van der Waals surface area contributed by atoms with E-state index in [2.05, 4.69) is 10.6 Å². The number of benzene rings is 1. The Kier molecular flexibility index (Phi) is 7.44. The zero-order valence-corrected chi connectivity index (χ0v) is 16.3. The van der Waals surface area contributed by atoms with Crippen molar-refractivity contribution in [3.8, 4) is 0 Å². The van der Waals surface area contributed by atoms with E-state index in [0.29, 0.717) is 31.2 Å². The van der Waals surface area contributed by atoms with Crippen LogP contribution in [0.4, 0.5) is 0 Å². The molecule has 0 bridgehead atoms. The second-order valence-electron chi connectivity index (χ2n) is 5.97. The second kappa shape index (κ2) is 9.57. The van der Waals surface area contributed by atoms with Gasteiger partial charge in [0.2, 0.25) is 17.7 Å². The molecule has 1 aromatic carbocycles. The van der Waals surface area contributed by atoms with E-state index in [1.807, 2.05) is 0 Å². The SMILES string of the molecule is CC(=O)N1CCN(C(=O)CNC(=O)CNC(=O)c2ccc(Cl)cc2Cl)CC1. The first kappa shape index (κ1) is 21.0. The molecule has 0 unspecified atom stereocenters. The molecule has 0 aliphatic carbocycles. The van der Waals surface area contributed by atoms with Crippen LogP contribution in [0.25, 0.3) is 0 Å². The number of hydrogen-bond donors (Lipinski definition) is 2. The van der Waals surface area contributed by atoms with Crippen molar-refractivity contribution in [2.75, 3.05) is 39.3 Å². The lowest BCUT2D eigenvalue weighted by atomic mass is 10.2. The van der Waals surface area contributed by atoms with E-state index in [9.17, 15) is 19.2 Å². The summed E-state index contributed by atoms with van der Waals surface area (Å²) in [7, 11) is 0. The fourth-order valence-corrected chi connectivity index (χ4v) is 3.04. The molecule has 10 heteroatoms. The third-order valence-electron chi connectivity index (χ3n) is 4.10. The van der Waals surface area contributed by atoms with E-state index in [1.54, 1.807) is 9.80 Å². The van der Waals surface area contributed by atoms with E-state index in [0.717, 1.165) is 0 Å². The zero-order valence-electron chi connectivity index (χ0n) is 14.8. The number of hydrogen-bond acceptors (Lipinski definition) is 4. The highest BCUT2D eigenvalue weighted by atomic mass is 35.5. The molecule has 1 aliphatic rings. The predicted octanol–water partition coefficient (Wildman–Crippen LogP) is 0.530. The molecule has 2 N–H and O–H groups in total. The third kappa shape index (κ3) is 6.11. The highest BCUT2D eigenvalue weighted by molar-refractivity contribution is 6.36. The van der Waals surface area contributed by atoms with E-state index in [4.69, 9.17) is 23.2 Å². The smallest absolute Gasteiger partial charge is 0.253 e. The molecule has 0 aromatic heterocycles. The van der Waals surface area contributed by atoms with Gasteiger partial charge >= 0.3 is 0 Å². The maximum atomic E-state index is 12.1. The number of nitrogens with one attached hydrogen (secondary N) is 2. The average molecular weight is 415 g/mol. The molecule has 4 amide bonds. The van der Waals surface area contributed by atoms with Crippen molar-refractivity contribution in [3.05, 3.63) is 33.8 Å². The topological polar surface area (TPSA) is 98.8 Å². The van der Waals surface area contributed by atoms with Crippen molar-refractivity contribution in [2.24, 2.45) is 0 Å². The standard InChI is InChI=1S/C17H20Cl2N4O4/c1-11(24)22-4-6-23(7-5-22)16(26)10-20-15(25)9-21-17(27)13-3-2-12(18)8-14(13)19/h2-3,8H,4-7,9-10H2,1H3,(H,20,25)(H,21,27). The van der Waals surface area contributed by atoms with Crippen LogP contribution < -0.4 is 10.6 Å². The molecule has 1 heterocycles. The first-order chi connectivity index (χ1) is 12.8. The molecular weight excluding hydrogens is 395 g/mol. The predicted molar refractivity (Wildman–Crippen MR) is 101 cm³/mol. The Morgan fingerprint density at radius 1 is 0.963 bits per heavy atom. The monoisotopic (exact) mass is 414 g/mol. The minimum absolute atomic E-state index is 0.0214. The lowest BCUT2D eigenvalue weighted by molar-refractivity contribution is -0.138. The van der Waals surface area contributed by atoms with Crippen LogP contribution in [-0.4, -0.2) is 72.7 Å². The van der Waals surface area contributed by atoms with Crippen LogP contribution in [0.15, 0.2) is 18.2 Å². The number of carbonyl (C=O) groups is 4. The summed E-state index contributed by atoms with van der Waals surface area (Å²) in [6.45, 7) is 2.85. The van der Waals surface area contributed by atoms with Gasteiger partial charge in [-0.15, -0.1) is 0 Å². The number of carbonyl (C=O) groups excluding carboxylic acids is 4. The molecule has 0 spiro atoms. The summed E-state index contributed by atoms with van der Waals surface area (Å²) in [6, 6.07) is 4.41. The number of piperazine rings is 1. The number of amides is 4. The fourth-order valence-electron chi connectivity index (χ4n) is 2.55. The summed E-state index contributed by atoms with van der Waals surface area (Å²) >= 11 is 11.7. The van der Waals surface area contributed by atoms with Crippen LogP contribution in [0, 0.1) is 0 Å². The molecule has 146 valence electrons. The number of rotatable bonds is 5. The zero-order chi connectivity index (χ0) is 20.0. The van der Waals surface area contributed by atoms with Gasteiger partial charge in [-0.1, -0.05) is 23.2 Å². The lowest BCUT2D eigenvalue weighted by Crippen LogP contribution is -2.52. The van der Waals surface area contributed by atoms with E-state index in [-0.39, 0.29) is 35.5 Å². The van der Waals surface area contributed by atoms with Crippen LogP contribution in [0.2, 0.25) is 10.0 Å². The fraction of sp³-hybridized carbons (Fsp3) is 0.412. The summed E-state index contributed by atoms with van der Waals surface area (Å²) in [6.07, 6.45) is 0. The van der Waals surface area contributed by atoms with Crippen LogP contribution >= 0.6 is 23.2 Å². The summed E-state index contributed by atoms with van der Waals surface area (Å²) in [4.78, 5) is 50.5. The van der Waals surface area contributed by atoms with Gasteiger partial charge in [-0.25, -0.2) is 0 Å². The van der Waals surface area contributed by atoms with Gasteiger partial charge in [0.1, 0.15) is 0 Å². The van der Waals surface area contributed by atoms with Crippen molar-refractivity contribution in [2.45, 2.75) is 6.92 Å². The normalized spacial score (nSPS) is 13.9. The summed E-state index contributed by atoms with van der Waals surface area (Å²) in [5.74, 6) is -1.27. The van der Waals surface area contributed by atoms with Crippen LogP contribution in [0.3, 0.4) is 0 Å². The minimum Gasteiger partial charge on any atom is -0.345 e.